The van der Waals surface area contributed by atoms with Crippen molar-refractivity contribution in [3.63, 3.8) is 0 Å². The molecule has 2 heterocycles. The van der Waals surface area contributed by atoms with E-state index in [0.717, 1.165) is 21.1 Å². The van der Waals surface area contributed by atoms with Crippen molar-refractivity contribution in [2.24, 2.45) is 0 Å². The molecule has 3 nitrogen and oxygen atoms in total. The summed E-state index contributed by atoms with van der Waals surface area (Å²) in [5.74, 6) is 0. The molecule has 3 rings (SSSR count). The molecule has 1 aromatic carbocycles. The van der Waals surface area contributed by atoms with Crippen molar-refractivity contribution in [2.45, 2.75) is 12.5 Å². The predicted molar refractivity (Wildman–Crippen MR) is 82.3 cm³/mol. The van der Waals surface area contributed by atoms with Crippen molar-refractivity contribution >= 4 is 26.8 Å². The van der Waals surface area contributed by atoms with Gasteiger partial charge in [-0.25, -0.2) is 0 Å². The lowest BCUT2D eigenvalue weighted by Gasteiger charge is -2.10. The zero-order valence-electron chi connectivity index (χ0n) is 10.7. The lowest BCUT2D eigenvalue weighted by atomic mass is 10.1. The maximum atomic E-state index is 10.2. The SMILES string of the molecule is OC(Cc1ccc2ccccc2n1)c1ccc(Br)cn1. The highest BCUT2D eigenvalue weighted by Gasteiger charge is 2.11. The van der Waals surface area contributed by atoms with Gasteiger partial charge in [0.1, 0.15) is 6.10 Å². The molecular weight excluding hydrogens is 316 g/mol. The van der Waals surface area contributed by atoms with Gasteiger partial charge in [-0.3, -0.25) is 9.97 Å². The molecule has 0 aliphatic carbocycles. The molecule has 20 heavy (non-hydrogen) atoms. The van der Waals surface area contributed by atoms with E-state index < -0.39 is 6.10 Å². The summed E-state index contributed by atoms with van der Waals surface area (Å²) >= 11 is 3.33. The maximum Gasteiger partial charge on any atom is 0.101 e. The van der Waals surface area contributed by atoms with Crippen LogP contribution in [0.25, 0.3) is 10.9 Å². The van der Waals surface area contributed by atoms with Crippen LogP contribution in [0.2, 0.25) is 0 Å². The molecular formula is C16H13BrN2O. The second kappa shape index (κ2) is 5.69. The van der Waals surface area contributed by atoms with Crippen molar-refractivity contribution in [1.29, 1.82) is 0 Å². The molecule has 1 atom stereocenters. The fraction of sp³-hybridized carbons (Fsp3) is 0.125. The number of benzene rings is 1. The Morgan fingerprint density at radius 2 is 1.90 bits per heavy atom. The highest BCUT2D eigenvalue weighted by molar-refractivity contribution is 9.10. The molecule has 1 unspecified atom stereocenters. The number of hydrogen-bond acceptors (Lipinski definition) is 3. The van der Waals surface area contributed by atoms with E-state index in [1.54, 1.807) is 6.20 Å². The molecule has 0 saturated heterocycles. The molecule has 0 aliphatic rings. The van der Waals surface area contributed by atoms with E-state index in [2.05, 4.69) is 25.9 Å². The van der Waals surface area contributed by atoms with Crippen LogP contribution in [-0.4, -0.2) is 15.1 Å². The van der Waals surface area contributed by atoms with Gasteiger partial charge in [-0.05, 0) is 40.2 Å². The molecule has 3 aromatic rings. The summed E-state index contributed by atoms with van der Waals surface area (Å²) < 4.78 is 0.900. The van der Waals surface area contributed by atoms with Gasteiger partial charge in [-0.2, -0.15) is 0 Å². The number of para-hydroxylation sites is 1. The monoisotopic (exact) mass is 328 g/mol. The minimum absolute atomic E-state index is 0.458. The summed E-state index contributed by atoms with van der Waals surface area (Å²) in [5, 5.41) is 11.3. The summed E-state index contributed by atoms with van der Waals surface area (Å²) in [6.07, 6.45) is 1.50. The first-order valence-corrected chi connectivity index (χ1v) is 7.16. The van der Waals surface area contributed by atoms with E-state index in [1.807, 2.05) is 48.5 Å². The number of halogens is 1. The van der Waals surface area contributed by atoms with Gasteiger partial charge in [0.15, 0.2) is 0 Å². The molecule has 100 valence electrons. The normalized spacial score (nSPS) is 12.5. The van der Waals surface area contributed by atoms with Crippen LogP contribution in [0.3, 0.4) is 0 Å². The molecule has 0 radical (unpaired) electrons. The number of hydrogen-bond donors (Lipinski definition) is 1. The van der Waals surface area contributed by atoms with Crippen molar-refractivity contribution in [1.82, 2.24) is 9.97 Å². The number of fused-ring (bicyclic) bond motifs is 1. The number of aromatic nitrogens is 2. The Morgan fingerprint density at radius 3 is 2.70 bits per heavy atom. The molecule has 0 aliphatic heterocycles. The van der Waals surface area contributed by atoms with E-state index >= 15 is 0 Å². The van der Waals surface area contributed by atoms with Crippen LogP contribution in [0.1, 0.15) is 17.5 Å². The van der Waals surface area contributed by atoms with E-state index in [0.29, 0.717) is 12.1 Å². The Hall–Kier alpha value is -1.78. The molecule has 1 N–H and O–H groups in total. The molecule has 2 aromatic heterocycles. The summed E-state index contributed by atoms with van der Waals surface area (Å²) in [4.78, 5) is 8.77. The number of aliphatic hydroxyl groups excluding tert-OH is 1. The van der Waals surface area contributed by atoms with Gasteiger partial charge < -0.3 is 5.11 Å². The fourth-order valence-electron chi connectivity index (χ4n) is 2.11. The zero-order chi connectivity index (χ0) is 13.9. The Labute approximate surface area is 125 Å². The number of rotatable bonds is 3. The fourth-order valence-corrected chi connectivity index (χ4v) is 2.34. The third-order valence-corrected chi connectivity index (χ3v) is 3.62. The smallest absolute Gasteiger partial charge is 0.101 e. The summed E-state index contributed by atoms with van der Waals surface area (Å²) in [5.41, 5.74) is 2.46. The Bertz CT molecular complexity index is 728. The van der Waals surface area contributed by atoms with Crippen LogP contribution in [0, 0.1) is 0 Å². The van der Waals surface area contributed by atoms with Gasteiger partial charge in [0, 0.05) is 28.2 Å². The van der Waals surface area contributed by atoms with Crippen molar-refractivity contribution in [2.75, 3.05) is 0 Å². The van der Waals surface area contributed by atoms with E-state index in [-0.39, 0.29) is 0 Å². The number of pyridine rings is 2. The van der Waals surface area contributed by atoms with Crippen LogP contribution >= 0.6 is 15.9 Å². The summed E-state index contributed by atoms with van der Waals surface area (Å²) in [6.45, 7) is 0. The summed E-state index contributed by atoms with van der Waals surface area (Å²) in [6, 6.07) is 15.6. The maximum absolute atomic E-state index is 10.2. The molecule has 0 spiro atoms. The van der Waals surface area contributed by atoms with Crippen LogP contribution in [0.4, 0.5) is 0 Å². The minimum Gasteiger partial charge on any atom is -0.386 e. The van der Waals surface area contributed by atoms with Gasteiger partial charge >= 0.3 is 0 Å². The Balaban J connectivity index is 1.83. The van der Waals surface area contributed by atoms with E-state index in [1.165, 1.54) is 0 Å². The van der Waals surface area contributed by atoms with Crippen molar-refractivity contribution in [3.05, 3.63) is 70.6 Å². The molecule has 0 amide bonds. The average Bonchev–Trinajstić information content (AvgIpc) is 2.48. The van der Waals surface area contributed by atoms with Crippen molar-refractivity contribution < 1.29 is 5.11 Å². The second-order valence-corrected chi connectivity index (χ2v) is 5.53. The van der Waals surface area contributed by atoms with E-state index in [9.17, 15) is 5.11 Å². The standard InChI is InChI=1S/C16H13BrN2O/c17-12-6-8-15(18-10-12)16(20)9-13-7-5-11-3-1-2-4-14(11)19-13/h1-8,10,16,20H,9H2. The van der Waals surface area contributed by atoms with Crippen molar-refractivity contribution in [3.8, 4) is 0 Å². The third kappa shape index (κ3) is 2.86. The number of nitrogens with zero attached hydrogens (tertiary/aromatic N) is 2. The third-order valence-electron chi connectivity index (χ3n) is 3.15. The van der Waals surface area contributed by atoms with Crippen LogP contribution in [0.5, 0.6) is 0 Å². The molecule has 0 bridgehead atoms. The van der Waals surface area contributed by atoms with Gasteiger partial charge in [-0.15, -0.1) is 0 Å². The first-order chi connectivity index (χ1) is 9.72. The van der Waals surface area contributed by atoms with Gasteiger partial charge in [0.2, 0.25) is 0 Å². The van der Waals surface area contributed by atoms with Crippen LogP contribution < -0.4 is 0 Å². The molecule has 4 heteroatoms. The second-order valence-electron chi connectivity index (χ2n) is 4.62. The van der Waals surface area contributed by atoms with Crippen LogP contribution in [0.15, 0.2) is 59.2 Å². The largest absolute Gasteiger partial charge is 0.386 e. The first kappa shape index (κ1) is 13.2. The topological polar surface area (TPSA) is 46.0 Å². The van der Waals surface area contributed by atoms with Gasteiger partial charge in [-0.1, -0.05) is 24.3 Å². The lowest BCUT2D eigenvalue weighted by molar-refractivity contribution is 0.172. The Kier molecular flexibility index (Phi) is 3.76. The first-order valence-electron chi connectivity index (χ1n) is 6.36. The quantitative estimate of drug-likeness (QED) is 0.797. The predicted octanol–water partition coefficient (Wildman–Crippen LogP) is 3.67. The Morgan fingerprint density at radius 1 is 1.05 bits per heavy atom. The average molecular weight is 329 g/mol. The zero-order valence-corrected chi connectivity index (χ0v) is 12.3. The molecule has 0 fully saturated rings. The highest BCUT2D eigenvalue weighted by Crippen LogP contribution is 2.19. The molecule has 0 saturated carbocycles. The van der Waals surface area contributed by atoms with Gasteiger partial charge in [0.25, 0.3) is 0 Å². The van der Waals surface area contributed by atoms with Crippen LogP contribution in [-0.2, 0) is 6.42 Å². The lowest BCUT2D eigenvalue weighted by Crippen LogP contribution is -2.05. The van der Waals surface area contributed by atoms with Gasteiger partial charge in [0.05, 0.1) is 11.2 Å². The highest BCUT2D eigenvalue weighted by atomic mass is 79.9. The number of aliphatic hydroxyl groups is 1. The van der Waals surface area contributed by atoms with E-state index in [4.69, 9.17) is 0 Å². The summed E-state index contributed by atoms with van der Waals surface area (Å²) in [7, 11) is 0. The minimum atomic E-state index is -0.642.